The number of benzene rings is 1. The van der Waals surface area contributed by atoms with Crippen LogP contribution >= 0.6 is 15.9 Å². The summed E-state index contributed by atoms with van der Waals surface area (Å²) < 4.78 is 13.5. The molecule has 1 fully saturated rings. The largest absolute Gasteiger partial charge is 0.375 e. The van der Waals surface area contributed by atoms with Gasteiger partial charge in [0.15, 0.2) is 0 Å². The topological polar surface area (TPSA) is 67.2 Å². The number of anilines is 1. The summed E-state index contributed by atoms with van der Waals surface area (Å²) >= 11 is 3.03. The fourth-order valence-corrected chi connectivity index (χ4v) is 2.14. The number of rotatable bonds is 3. The van der Waals surface area contributed by atoms with E-state index in [0.717, 1.165) is 25.6 Å². The Bertz CT molecular complexity index is 449. The van der Waals surface area contributed by atoms with Gasteiger partial charge >= 0.3 is 0 Å². The predicted molar refractivity (Wildman–Crippen MR) is 65.7 cm³/mol. The first-order valence-corrected chi connectivity index (χ1v) is 5.98. The first-order valence-electron chi connectivity index (χ1n) is 5.18. The Balaban J connectivity index is 2.29. The van der Waals surface area contributed by atoms with Crippen LogP contribution < -0.4 is 10.6 Å². The second kappa shape index (κ2) is 4.97. The molecular weight excluding hydrogens is 293 g/mol. The van der Waals surface area contributed by atoms with Crippen LogP contribution in [0.2, 0.25) is 0 Å². The van der Waals surface area contributed by atoms with E-state index < -0.39 is 10.7 Å². The molecular formula is C10H11BrFN3O2. The third-order valence-electron chi connectivity index (χ3n) is 2.66. The van der Waals surface area contributed by atoms with Crippen molar-refractivity contribution >= 4 is 27.3 Å². The normalized spacial score (nSPS) is 19.3. The second-order valence-corrected chi connectivity index (χ2v) is 4.73. The van der Waals surface area contributed by atoms with E-state index in [1.165, 1.54) is 6.07 Å². The Hall–Kier alpha value is -1.21. The summed E-state index contributed by atoms with van der Waals surface area (Å²) in [5, 5.41) is 17.0. The molecule has 0 radical (unpaired) electrons. The maximum absolute atomic E-state index is 13.2. The molecule has 0 aromatic heterocycles. The maximum atomic E-state index is 13.2. The zero-order chi connectivity index (χ0) is 12.4. The van der Waals surface area contributed by atoms with Crippen molar-refractivity contribution in [1.82, 2.24) is 5.32 Å². The Labute approximate surface area is 106 Å². The van der Waals surface area contributed by atoms with Gasteiger partial charge < -0.3 is 10.6 Å². The number of nitrogens with zero attached hydrogens (tertiary/aromatic N) is 1. The maximum Gasteiger partial charge on any atom is 0.295 e. The molecule has 0 saturated carbocycles. The zero-order valence-corrected chi connectivity index (χ0v) is 10.5. The van der Waals surface area contributed by atoms with E-state index in [1.807, 2.05) is 0 Å². The number of hydrogen-bond donors (Lipinski definition) is 2. The van der Waals surface area contributed by atoms with E-state index in [9.17, 15) is 14.5 Å². The van der Waals surface area contributed by atoms with Crippen molar-refractivity contribution < 1.29 is 9.31 Å². The van der Waals surface area contributed by atoms with Crippen LogP contribution in [0.25, 0.3) is 0 Å². The van der Waals surface area contributed by atoms with Gasteiger partial charge in [-0.15, -0.1) is 0 Å². The molecule has 1 unspecified atom stereocenters. The van der Waals surface area contributed by atoms with Crippen LogP contribution in [0.4, 0.5) is 15.8 Å². The van der Waals surface area contributed by atoms with Crippen molar-refractivity contribution in [2.75, 3.05) is 18.4 Å². The molecule has 1 aliphatic heterocycles. The standard InChI is InChI=1S/C10H11BrFN3O2/c11-7-3-9(14-6-1-2-13-5-6)10(15(16)17)4-8(7)12/h3-4,6,13-14H,1-2,5H2. The van der Waals surface area contributed by atoms with Crippen molar-refractivity contribution in [1.29, 1.82) is 0 Å². The van der Waals surface area contributed by atoms with Gasteiger partial charge in [0.2, 0.25) is 0 Å². The van der Waals surface area contributed by atoms with Gasteiger partial charge in [0.05, 0.1) is 15.5 Å². The third-order valence-corrected chi connectivity index (χ3v) is 3.26. The van der Waals surface area contributed by atoms with E-state index in [4.69, 9.17) is 0 Å². The van der Waals surface area contributed by atoms with E-state index in [2.05, 4.69) is 26.6 Å². The molecule has 0 spiro atoms. The van der Waals surface area contributed by atoms with E-state index >= 15 is 0 Å². The van der Waals surface area contributed by atoms with Crippen LogP contribution in [0.3, 0.4) is 0 Å². The van der Waals surface area contributed by atoms with Crippen molar-refractivity contribution in [3.8, 4) is 0 Å². The minimum atomic E-state index is -0.633. The van der Waals surface area contributed by atoms with Crippen LogP contribution in [0.5, 0.6) is 0 Å². The van der Waals surface area contributed by atoms with Gasteiger partial charge in [-0.2, -0.15) is 0 Å². The van der Waals surface area contributed by atoms with Crippen molar-refractivity contribution in [3.63, 3.8) is 0 Å². The van der Waals surface area contributed by atoms with Gasteiger partial charge in [-0.25, -0.2) is 4.39 Å². The number of hydrogen-bond acceptors (Lipinski definition) is 4. The highest BCUT2D eigenvalue weighted by Gasteiger charge is 2.21. The lowest BCUT2D eigenvalue weighted by atomic mass is 10.2. The molecule has 5 nitrogen and oxygen atoms in total. The fraction of sp³-hybridized carbons (Fsp3) is 0.400. The molecule has 1 aromatic carbocycles. The average molecular weight is 304 g/mol. The highest BCUT2D eigenvalue weighted by molar-refractivity contribution is 9.10. The van der Waals surface area contributed by atoms with Crippen LogP contribution in [0.15, 0.2) is 16.6 Å². The highest BCUT2D eigenvalue weighted by Crippen LogP contribution is 2.31. The van der Waals surface area contributed by atoms with E-state index in [-0.39, 0.29) is 16.2 Å². The smallest absolute Gasteiger partial charge is 0.295 e. The summed E-state index contributed by atoms with van der Waals surface area (Å²) in [6, 6.07) is 2.48. The SMILES string of the molecule is O=[N+]([O-])c1cc(F)c(Br)cc1NC1CCNC1. The minimum absolute atomic E-state index is 0.145. The molecule has 7 heteroatoms. The molecule has 1 saturated heterocycles. The Kier molecular flexibility index (Phi) is 3.58. The summed E-state index contributed by atoms with van der Waals surface area (Å²) in [6.07, 6.45) is 0.895. The Morgan fingerprint density at radius 2 is 2.35 bits per heavy atom. The zero-order valence-electron chi connectivity index (χ0n) is 8.87. The van der Waals surface area contributed by atoms with Gasteiger partial charge in [-0.05, 0) is 35.0 Å². The van der Waals surface area contributed by atoms with Crippen LogP contribution in [-0.4, -0.2) is 24.1 Å². The molecule has 1 atom stereocenters. The molecule has 0 amide bonds. The fourth-order valence-electron chi connectivity index (χ4n) is 1.80. The van der Waals surface area contributed by atoms with Crippen LogP contribution in [0, 0.1) is 15.9 Å². The summed E-state index contributed by atoms with van der Waals surface area (Å²) in [4.78, 5) is 10.2. The summed E-state index contributed by atoms with van der Waals surface area (Å²) in [7, 11) is 0. The molecule has 0 aliphatic carbocycles. The van der Waals surface area contributed by atoms with Gasteiger partial charge in [-0.3, -0.25) is 10.1 Å². The predicted octanol–water partition coefficient (Wildman–Crippen LogP) is 2.27. The minimum Gasteiger partial charge on any atom is -0.375 e. The molecule has 1 aromatic rings. The second-order valence-electron chi connectivity index (χ2n) is 3.87. The van der Waals surface area contributed by atoms with Gasteiger partial charge in [0.25, 0.3) is 5.69 Å². The average Bonchev–Trinajstić information content (AvgIpc) is 2.75. The van der Waals surface area contributed by atoms with Crippen molar-refractivity contribution in [2.45, 2.75) is 12.5 Å². The first kappa shape index (κ1) is 12.3. The highest BCUT2D eigenvalue weighted by atomic mass is 79.9. The Morgan fingerprint density at radius 3 is 2.94 bits per heavy atom. The number of nitro groups is 1. The van der Waals surface area contributed by atoms with Crippen molar-refractivity contribution in [2.24, 2.45) is 0 Å². The van der Waals surface area contributed by atoms with Gasteiger partial charge in [0.1, 0.15) is 11.5 Å². The van der Waals surface area contributed by atoms with Gasteiger partial charge in [-0.1, -0.05) is 0 Å². The number of nitrogens with one attached hydrogen (secondary N) is 2. The molecule has 17 heavy (non-hydrogen) atoms. The van der Waals surface area contributed by atoms with Gasteiger partial charge in [0, 0.05) is 12.6 Å². The lowest BCUT2D eigenvalue weighted by molar-refractivity contribution is -0.384. The van der Waals surface area contributed by atoms with Crippen molar-refractivity contribution in [3.05, 3.63) is 32.5 Å². The summed E-state index contributed by atoms with van der Waals surface area (Å²) in [6.45, 7) is 1.64. The van der Waals surface area contributed by atoms with E-state index in [0.29, 0.717) is 5.69 Å². The molecule has 2 N–H and O–H groups in total. The summed E-state index contributed by atoms with van der Waals surface area (Å²) in [5.41, 5.74) is 0.106. The first-order chi connectivity index (χ1) is 8.08. The number of halogens is 2. The monoisotopic (exact) mass is 303 g/mol. The third kappa shape index (κ3) is 2.73. The lowest BCUT2D eigenvalue weighted by Crippen LogP contribution is -2.22. The van der Waals surface area contributed by atoms with Crippen LogP contribution in [0.1, 0.15) is 6.42 Å². The molecule has 92 valence electrons. The quantitative estimate of drug-likeness (QED) is 0.664. The molecule has 1 heterocycles. The summed E-state index contributed by atoms with van der Waals surface area (Å²) in [5.74, 6) is -0.633. The lowest BCUT2D eigenvalue weighted by Gasteiger charge is -2.13. The van der Waals surface area contributed by atoms with Crippen LogP contribution in [-0.2, 0) is 0 Å². The molecule has 1 aliphatic rings. The molecule has 2 rings (SSSR count). The number of nitro benzene ring substituents is 1. The Morgan fingerprint density at radius 1 is 1.59 bits per heavy atom. The molecule has 0 bridgehead atoms. The van der Waals surface area contributed by atoms with E-state index in [1.54, 1.807) is 0 Å².